The van der Waals surface area contributed by atoms with Gasteiger partial charge in [0.1, 0.15) is 0 Å². The van der Waals surface area contributed by atoms with Crippen molar-refractivity contribution in [1.82, 2.24) is 0 Å². The zero-order chi connectivity index (χ0) is 14.8. The van der Waals surface area contributed by atoms with E-state index in [1.807, 2.05) is 0 Å². The third-order valence-corrected chi connectivity index (χ3v) is 3.88. The highest BCUT2D eigenvalue weighted by Gasteiger charge is 2.18. The summed E-state index contributed by atoms with van der Waals surface area (Å²) in [7, 11) is 0. The van der Waals surface area contributed by atoms with Gasteiger partial charge in [0, 0.05) is 0 Å². The van der Waals surface area contributed by atoms with Crippen LogP contribution in [0.1, 0.15) is 62.8 Å². The Morgan fingerprint density at radius 2 is 1.35 bits per heavy atom. The highest BCUT2D eigenvalue weighted by Crippen LogP contribution is 2.29. The number of benzene rings is 2. The van der Waals surface area contributed by atoms with Gasteiger partial charge in [0.2, 0.25) is 0 Å². The zero-order valence-corrected chi connectivity index (χ0v) is 13.4. The van der Waals surface area contributed by atoms with Crippen molar-refractivity contribution < 1.29 is 0 Å². The summed E-state index contributed by atoms with van der Waals surface area (Å²) in [6, 6.07) is 17.7. The first-order chi connectivity index (χ1) is 9.39. The van der Waals surface area contributed by atoms with Gasteiger partial charge in [-0.3, -0.25) is 0 Å². The number of rotatable bonds is 3. The van der Waals surface area contributed by atoms with E-state index in [0.717, 1.165) is 6.42 Å². The van der Waals surface area contributed by atoms with Crippen molar-refractivity contribution in [3.8, 4) is 0 Å². The summed E-state index contributed by atoms with van der Waals surface area (Å²) in [5.74, 6) is 0.577. The van der Waals surface area contributed by atoms with Crippen LogP contribution >= 0.6 is 0 Å². The Hall–Kier alpha value is -1.56. The minimum Gasteiger partial charge on any atom is -0.0620 e. The van der Waals surface area contributed by atoms with Gasteiger partial charge in [-0.15, -0.1) is 0 Å². The minimum atomic E-state index is 0.198. The third kappa shape index (κ3) is 3.30. The first-order valence-corrected chi connectivity index (χ1v) is 7.56. The van der Waals surface area contributed by atoms with E-state index in [-0.39, 0.29) is 5.41 Å². The summed E-state index contributed by atoms with van der Waals surface area (Å²) in [6.07, 6.45) is 1.03. The lowest BCUT2D eigenvalue weighted by Crippen LogP contribution is -2.14. The quantitative estimate of drug-likeness (QED) is 0.668. The average molecular weight is 266 g/mol. The molecular weight excluding hydrogens is 240 g/mol. The molecule has 0 fully saturated rings. The minimum absolute atomic E-state index is 0.198. The largest absolute Gasteiger partial charge is 0.0620 e. The molecule has 0 aromatic heterocycles. The first kappa shape index (κ1) is 14.8. The van der Waals surface area contributed by atoms with Crippen LogP contribution in [0.4, 0.5) is 0 Å². The zero-order valence-electron chi connectivity index (χ0n) is 13.4. The van der Waals surface area contributed by atoms with Gasteiger partial charge in [0.15, 0.2) is 0 Å². The monoisotopic (exact) mass is 266 g/mol. The highest BCUT2D eigenvalue weighted by molar-refractivity contribution is 5.40. The van der Waals surface area contributed by atoms with Crippen molar-refractivity contribution in [1.29, 1.82) is 0 Å². The van der Waals surface area contributed by atoms with Crippen LogP contribution in [0.3, 0.4) is 0 Å². The molecule has 0 unspecified atom stereocenters. The van der Waals surface area contributed by atoms with E-state index < -0.39 is 0 Å². The Labute approximate surface area is 123 Å². The number of hydrogen-bond acceptors (Lipinski definition) is 0. The van der Waals surface area contributed by atoms with Crippen molar-refractivity contribution in [2.24, 2.45) is 0 Å². The van der Waals surface area contributed by atoms with Gasteiger partial charge in [0.25, 0.3) is 0 Å². The summed E-state index contributed by atoms with van der Waals surface area (Å²) in [4.78, 5) is 0. The van der Waals surface area contributed by atoms with E-state index in [1.54, 1.807) is 0 Å². The molecule has 2 aromatic carbocycles. The van der Waals surface area contributed by atoms with Crippen LogP contribution in [0.5, 0.6) is 0 Å². The summed E-state index contributed by atoms with van der Waals surface area (Å²) in [5.41, 5.74) is 6.03. The number of hydrogen-bond donors (Lipinski definition) is 0. The molecule has 0 saturated carbocycles. The first-order valence-electron chi connectivity index (χ1n) is 7.56. The van der Waals surface area contributed by atoms with Crippen molar-refractivity contribution in [2.45, 2.75) is 52.4 Å². The van der Waals surface area contributed by atoms with Crippen molar-refractivity contribution >= 4 is 0 Å². The SMILES string of the molecule is CC(C)c1ccccc1Cc1ccccc1C(C)(C)C. The fourth-order valence-electron chi connectivity index (χ4n) is 2.87. The molecule has 0 radical (unpaired) electrons. The highest BCUT2D eigenvalue weighted by atomic mass is 14.2. The molecule has 20 heavy (non-hydrogen) atoms. The van der Waals surface area contributed by atoms with Crippen LogP contribution in [0.2, 0.25) is 0 Å². The molecule has 2 rings (SSSR count). The van der Waals surface area contributed by atoms with E-state index in [2.05, 4.69) is 83.1 Å². The molecule has 0 bridgehead atoms. The fraction of sp³-hybridized carbons (Fsp3) is 0.400. The van der Waals surface area contributed by atoms with Gasteiger partial charge < -0.3 is 0 Å². The maximum Gasteiger partial charge on any atom is -0.00200 e. The molecule has 0 nitrogen and oxygen atoms in total. The van der Waals surface area contributed by atoms with E-state index in [4.69, 9.17) is 0 Å². The van der Waals surface area contributed by atoms with Crippen LogP contribution in [0, 0.1) is 0 Å². The molecular formula is C20H26. The van der Waals surface area contributed by atoms with Crippen LogP contribution in [-0.2, 0) is 11.8 Å². The van der Waals surface area contributed by atoms with E-state index >= 15 is 0 Å². The van der Waals surface area contributed by atoms with Gasteiger partial charge in [-0.05, 0) is 40.0 Å². The van der Waals surface area contributed by atoms with Gasteiger partial charge >= 0.3 is 0 Å². The smallest absolute Gasteiger partial charge is 0.00200 e. The Balaban J connectivity index is 2.41. The molecule has 0 saturated heterocycles. The van der Waals surface area contributed by atoms with Gasteiger partial charge in [-0.2, -0.15) is 0 Å². The second-order valence-corrected chi connectivity index (χ2v) is 6.94. The van der Waals surface area contributed by atoms with Crippen LogP contribution in [0.25, 0.3) is 0 Å². The maximum absolute atomic E-state index is 2.29. The molecule has 0 amide bonds. The molecule has 0 N–H and O–H groups in total. The molecule has 0 spiro atoms. The Bertz CT molecular complexity index is 571. The van der Waals surface area contributed by atoms with Crippen molar-refractivity contribution in [3.05, 3.63) is 70.8 Å². The predicted molar refractivity (Wildman–Crippen MR) is 88.5 cm³/mol. The van der Waals surface area contributed by atoms with E-state index in [1.165, 1.54) is 22.3 Å². The predicted octanol–water partition coefficient (Wildman–Crippen LogP) is 5.70. The molecule has 106 valence electrons. The maximum atomic E-state index is 2.29. The summed E-state index contributed by atoms with van der Waals surface area (Å²) in [6.45, 7) is 11.4. The topological polar surface area (TPSA) is 0 Å². The average Bonchev–Trinajstić information content (AvgIpc) is 2.38. The Morgan fingerprint density at radius 3 is 1.95 bits per heavy atom. The lowest BCUT2D eigenvalue weighted by Gasteiger charge is -2.23. The van der Waals surface area contributed by atoms with Gasteiger partial charge in [-0.25, -0.2) is 0 Å². The Morgan fingerprint density at radius 1 is 0.800 bits per heavy atom. The fourth-order valence-corrected chi connectivity index (χ4v) is 2.87. The van der Waals surface area contributed by atoms with Crippen molar-refractivity contribution in [3.63, 3.8) is 0 Å². The third-order valence-electron chi connectivity index (χ3n) is 3.88. The van der Waals surface area contributed by atoms with Crippen LogP contribution in [0.15, 0.2) is 48.5 Å². The van der Waals surface area contributed by atoms with Crippen LogP contribution in [-0.4, -0.2) is 0 Å². The summed E-state index contributed by atoms with van der Waals surface area (Å²) >= 11 is 0. The normalized spacial score (nSPS) is 11.9. The lowest BCUT2D eigenvalue weighted by molar-refractivity contribution is 0.584. The molecule has 0 aliphatic heterocycles. The van der Waals surface area contributed by atoms with Gasteiger partial charge in [-0.1, -0.05) is 83.1 Å². The van der Waals surface area contributed by atoms with E-state index in [9.17, 15) is 0 Å². The van der Waals surface area contributed by atoms with Crippen LogP contribution < -0.4 is 0 Å². The molecule has 0 atom stereocenters. The molecule has 0 aliphatic rings. The lowest BCUT2D eigenvalue weighted by atomic mass is 9.81. The second-order valence-electron chi connectivity index (χ2n) is 6.94. The molecule has 0 aliphatic carbocycles. The standard InChI is InChI=1S/C20H26/c1-15(2)18-12-8-6-10-16(18)14-17-11-7-9-13-19(17)20(3,4)5/h6-13,15H,14H2,1-5H3. The summed E-state index contributed by atoms with van der Waals surface area (Å²) < 4.78 is 0. The summed E-state index contributed by atoms with van der Waals surface area (Å²) in [5, 5.41) is 0. The Kier molecular flexibility index (Phi) is 4.32. The molecule has 0 heteroatoms. The van der Waals surface area contributed by atoms with Crippen molar-refractivity contribution in [2.75, 3.05) is 0 Å². The molecule has 2 aromatic rings. The molecule has 0 heterocycles. The van der Waals surface area contributed by atoms with E-state index in [0.29, 0.717) is 5.92 Å². The second kappa shape index (κ2) is 5.83. The van der Waals surface area contributed by atoms with Gasteiger partial charge in [0.05, 0.1) is 0 Å².